The van der Waals surface area contributed by atoms with Gasteiger partial charge in [-0.3, -0.25) is 9.69 Å². The number of phenols is 1. The Kier molecular flexibility index (Phi) is 18.3. The number of piperazine rings is 1. The Morgan fingerprint density at radius 3 is 1.79 bits per heavy atom. The smallest absolute Gasteiger partial charge is 0.246 e. The highest BCUT2D eigenvalue weighted by molar-refractivity contribution is 5.92. The fourth-order valence-corrected chi connectivity index (χ4v) is 5.86. The summed E-state index contributed by atoms with van der Waals surface area (Å²) in [6.07, 6.45) is 19.1. The van der Waals surface area contributed by atoms with E-state index in [0.717, 1.165) is 31.2 Å². The molecular weight excluding hydrogens is 595 g/mol. The molecule has 47 heavy (non-hydrogen) atoms. The number of unbranched alkanes of at least 4 members (excludes halogenated alkanes) is 12. The fourth-order valence-electron chi connectivity index (χ4n) is 5.86. The zero-order chi connectivity index (χ0) is 33.7. The Labute approximate surface area is 282 Å². The zero-order valence-electron chi connectivity index (χ0n) is 28.9. The monoisotopic (exact) mass is 654 g/mol. The third kappa shape index (κ3) is 14.7. The van der Waals surface area contributed by atoms with Crippen LogP contribution in [0.5, 0.6) is 17.2 Å². The molecule has 2 N–H and O–H groups in total. The van der Waals surface area contributed by atoms with Crippen LogP contribution in [-0.4, -0.2) is 71.9 Å². The van der Waals surface area contributed by atoms with Gasteiger partial charge in [-0.1, -0.05) is 103 Å². The number of phenolic OH excluding ortho intramolecular Hbond substituents is 1. The maximum Gasteiger partial charge on any atom is 0.246 e. The molecule has 1 heterocycles. The molecule has 2 aromatic rings. The van der Waals surface area contributed by atoms with Crippen LogP contribution in [0.4, 0.5) is 4.39 Å². The van der Waals surface area contributed by atoms with E-state index in [1.54, 1.807) is 41.3 Å². The Morgan fingerprint density at radius 2 is 1.28 bits per heavy atom. The molecule has 1 saturated heterocycles. The molecule has 0 bridgehead atoms. The molecule has 0 saturated carbocycles. The summed E-state index contributed by atoms with van der Waals surface area (Å²) in [5.41, 5.74) is 1.42. The van der Waals surface area contributed by atoms with Gasteiger partial charge in [0.15, 0.2) is 11.5 Å². The largest absolute Gasteiger partial charge is 0.502 e. The second-order valence-electron chi connectivity index (χ2n) is 12.8. The van der Waals surface area contributed by atoms with E-state index >= 15 is 0 Å². The minimum Gasteiger partial charge on any atom is -0.502 e. The van der Waals surface area contributed by atoms with Crippen LogP contribution in [0.2, 0.25) is 0 Å². The highest BCUT2D eigenvalue weighted by Gasteiger charge is 2.22. The lowest BCUT2D eigenvalue weighted by molar-refractivity contribution is -0.127. The Balaban J connectivity index is 1.53. The number of ether oxygens (including phenoxy) is 2. The summed E-state index contributed by atoms with van der Waals surface area (Å²) in [5.74, 6) is 0.362. The number of nitrogens with zero attached hydrogens (tertiary/aromatic N) is 2. The summed E-state index contributed by atoms with van der Waals surface area (Å²) in [4.78, 5) is 17.0. The normalized spacial score (nSPS) is 14.5. The van der Waals surface area contributed by atoms with E-state index in [4.69, 9.17) is 9.47 Å². The summed E-state index contributed by atoms with van der Waals surface area (Å²) in [7, 11) is 0. The molecule has 2 aromatic carbocycles. The van der Waals surface area contributed by atoms with E-state index in [1.807, 2.05) is 0 Å². The van der Waals surface area contributed by atoms with Crippen LogP contribution in [0.1, 0.15) is 121 Å². The SMILES string of the molecule is CCCCCCCCCOc1cc(/C=C/C(=O)N2CCN(CC(O)c3ccc(F)cc3)CC2)cc(OCCCCCCCCC)c1O. The average molecular weight is 655 g/mol. The molecule has 3 rings (SSSR count). The number of rotatable bonds is 23. The first-order chi connectivity index (χ1) is 22.9. The predicted molar refractivity (Wildman–Crippen MR) is 188 cm³/mol. The van der Waals surface area contributed by atoms with Crippen LogP contribution in [0.15, 0.2) is 42.5 Å². The molecule has 1 fully saturated rings. The quantitative estimate of drug-likeness (QED) is 0.0922. The van der Waals surface area contributed by atoms with Gasteiger partial charge >= 0.3 is 0 Å². The lowest BCUT2D eigenvalue weighted by Gasteiger charge is -2.35. The van der Waals surface area contributed by atoms with E-state index in [1.165, 1.54) is 76.3 Å². The number of hydrogen-bond donors (Lipinski definition) is 2. The number of β-amino-alcohol motifs (C(OH)–C–C–N with tert-alkyl or cyclic N) is 1. The molecule has 1 unspecified atom stereocenters. The van der Waals surface area contributed by atoms with Crippen molar-refractivity contribution < 1.29 is 28.9 Å². The van der Waals surface area contributed by atoms with Gasteiger partial charge in [0.2, 0.25) is 11.7 Å². The van der Waals surface area contributed by atoms with Gasteiger partial charge in [0.25, 0.3) is 0 Å². The van der Waals surface area contributed by atoms with E-state index in [9.17, 15) is 19.4 Å². The van der Waals surface area contributed by atoms with Gasteiger partial charge < -0.3 is 24.6 Å². The molecule has 1 aliphatic heterocycles. The van der Waals surface area contributed by atoms with Crippen molar-refractivity contribution in [2.45, 2.75) is 110 Å². The first kappa shape index (κ1) is 38.3. The van der Waals surface area contributed by atoms with Crippen molar-refractivity contribution in [1.29, 1.82) is 0 Å². The van der Waals surface area contributed by atoms with Crippen LogP contribution >= 0.6 is 0 Å². The van der Waals surface area contributed by atoms with Crippen molar-refractivity contribution in [3.05, 3.63) is 59.4 Å². The van der Waals surface area contributed by atoms with E-state index in [0.29, 0.717) is 63.0 Å². The Bertz CT molecular complexity index is 1140. The molecule has 262 valence electrons. The van der Waals surface area contributed by atoms with Crippen LogP contribution in [-0.2, 0) is 4.79 Å². The summed E-state index contributed by atoms with van der Waals surface area (Å²) in [5, 5.41) is 21.5. The van der Waals surface area contributed by atoms with Gasteiger partial charge in [-0.15, -0.1) is 0 Å². The maximum atomic E-state index is 13.2. The second-order valence-corrected chi connectivity index (χ2v) is 12.8. The molecule has 7 nitrogen and oxygen atoms in total. The molecule has 0 aromatic heterocycles. The van der Waals surface area contributed by atoms with E-state index < -0.39 is 6.10 Å². The van der Waals surface area contributed by atoms with E-state index in [2.05, 4.69) is 18.7 Å². The lowest BCUT2D eigenvalue weighted by Crippen LogP contribution is -2.49. The van der Waals surface area contributed by atoms with Gasteiger partial charge in [-0.25, -0.2) is 4.39 Å². The van der Waals surface area contributed by atoms with Crippen molar-refractivity contribution in [1.82, 2.24) is 9.80 Å². The van der Waals surface area contributed by atoms with Gasteiger partial charge in [0, 0.05) is 38.8 Å². The summed E-state index contributed by atoms with van der Waals surface area (Å²) in [6, 6.07) is 9.46. The minimum absolute atomic E-state index is 0.0123. The van der Waals surface area contributed by atoms with Crippen molar-refractivity contribution in [3.63, 3.8) is 0 Å². The molecular formula is C39H59FN2O5. The molecule has 1 aliphatic rings. The lowest BCUT2D eigenvalue weighted by atomic mass is 10.1. The standard InChI is InChI=1S/C39H59FN2O5/c1-3-5-7-9-11-13-15-27-46-36-29-32(30-37(39(36)45)47-28-16-14-12-10-8-6-4-2)17-22-38(44)42-25-23-41(24-26-42)31-35(43)33-18-20-34(40)21-19-33/h17-22,29-30,35,43,45H,3-16,23-28,31H2,1-2H3/b22-17+. The summed E-state index contributed by atoms with van der Waals surface area (Å²) in [6.45, 7) is 8.30. The number of carbonyl (C=O) groups excluding carboxylic acids is 1. The summed E-state index contributed by atoms with van der Waals surface area (Å²) < 4.78 is 25.3. The molecule has 0 aliphatic carbocycles. The first-order valence-electron chi connectivity index (χ1n) is 18.2. The number of aromatic hydroxyl groups is 1. The molecule has 0 radical (unpaired) electrons. The average Bonchev–Trinajstić information content (AvgIpc) is 3.08. The zero-order valence-corrected chi connectivity index (χ0v) is 28.9. The minimum atomic E-state index is -0.711. The van der Waals surface area contributed by atoms with Crippen LogP contribution < -0.4 is 9.47 Å². The number of halogens is 1. The molecule has 0 spiro atoms. The number of benzene rings is 2. The van der Waals surface area contributed by atoms with Crippen LogP contribution in [0.3, 0.4) is 0 Å². The van der Waals surface area contributed by atoms with Crippen molar-refractivity contribution in [3.8, 4) is 17.2 Å². The van der Waals surface area contributed by atoms with Crippen LogP contribution in [0.25, 0.3) is 6.08 Å². The van der Waals surface area contributed by atoms with Gasteiger partial charge in [0.1, 0.15) is 5.82 Å². The Hall–Kier alpha value is -3.10. The van der Waals surface area contributed by atoms with Gasteiger partial charge in [-0.05, 0) is 54.3 Å². The van der Waals surface area contributed by atoms with Crippen LogP contribution in [0, 0.1) is 5.82 Å². The fraction of sp³-hybridized carbons (Fsp3) is 0.615. The third-order valence-electron chi connectivity index (χ3n) is 8.86. The molecule has 1 atom stereocenters. The van der Waals surface area contributed by atoms with Gasteiger partial charge in [0.05, 0.1) is 19.3 Å². The van der Waals surface area contributed by atoms with E-state index in [-0.39, 0.29) is 17.5 Å². The molecule has 8 heteroatoms. The van der Waals surface area contributed by atoms with Crippen molar-refractivity contribution >= 4 is 12.0 Å². The van der Waals surface area contributed by atoms with Crippen molar-refractivity contribution in [2.24, 2.45) is 0 Å². The third-order valence-corrected chi connectivity index (χ3v) is 8.86. The highest BCUT2D eigenvalue weighted by Crippen LogP contribution is 2.38. The highest BCUT2D eigenvalue weighted by atomic mass is 19.1. The number of amides is 1. The topological polar surface area (TPSA) is 82.5 Å². The van der Waals surface area contributed by atoms with Crippen molar-refractivity contribution in [2.75, 3.05) is 45.9 Å². The number of carbonyl (C=O) groups is 1. The summed E-state index contributed by atoms with van der Waals surface area (Å²) >= 11 is 0. The number of aliphatic hydroxyl groups excluding tert-OH is 1. The second kappa shape index (κ2) is 22.5. The Morgan fingerprint density at radius 1 is 0.787 bits per heavy atom. The first-order valence-corrected chi connectivity index (χ1v) is 18.2. The molecule has 1 amide bonds. The number of aliphatic hydroxyl groups is 1. The predicted octanol–water partition coefficient (Wildman–Crippen LogP) is 8.68. The number of hydrogen-bond acceptors (Lipinski definition) is 6. The van der Waals surface area contributed by atoms with Gasteiger partial charge in [-0.2, -0.15) is 0 Å². The maximum absolute atomic E-state index is 13.2.